The Bertz CT molecular complexity index is 681. The van der Waals surface area contributed by atoms with Gasteiger partial charge in [-0.2, -0.15) is 0 Å². The van der Waals surface area contributed by atoms with Crippen molar-refractivity contribution in [3.8, 4) is 0 Å². The molecule has 0 aromatic heterocycles. The minimum Gasteiger partial charge on any atom is -0.481 e. The standard InChI is InChI=1S/C17H29N5O8/c1-7(2)4-10(21-14(26)9(18)5-13(24)25)16(28)22-11(6-12(19)23)15(27)20-8(3)17(29)30/h7-11H,4-6,18H2,1-3H3,(H2,19,23)(H,20,27)(H,21,26)(H,22,28)(H,24,25)(H,29,30). The fourth-order valence-electron chi connectivity index (χ4n) is 2.32. The number of nitrogens with two attached hydrogens (primary N) is 2. The van der Waals surface area contributed by atoms with Gasteiger partial charge in [0.1, 0.15) is 18.1 Å². The Kier molecular flexibility index (Phi) is 11.0. The third kappa shape index (κ3) is 10.4. The molecule has 0 aromatic rings. The second kappa shape index (κ2) is 12.4. The maximum absolute atomic E-state index is 12.6. The normalized spacial score (nSPS) is 14.7. The van der Waals surface area contributed by atoms with Crippen LogP contribution in [-0.4, -0.2) is 69.9 Å². The van der Waals surface area contributed by atoms with E-state index in [1.807, 2.05) is 0 Å². The molecule has 0 aliphatic carbocycles. The van der Waals surface area contributed by atoms with Crippen LogP contribution in [0.1, 0.15) is 40.0 Å². The molecule has 13 heteroatoms. The molecule has 0 aliphatic rings. The Hall–Kier alpha value is -3.22. The van der Waals surface area contributed by atoms with Crippen molar-refractivity contribution >= 4 is 35.6 Å². The molecule has 9 N–H and O–H groups in total. The monoisotopic (exact) mass is 431 g/mol. The Balaban J connectivity index is 5.38. The van der Waals surface area contributed by atoms with Gasteiger partial charge in [0.15, 0.2) is 0 Å². The van der Waals surface area contributed by atoms with Gasteiger partial charge in [-0.05, 0) is 19.3 Å². The van der Waals surface area contributed by atoms with Gasteiger partial charge in [-0.15, -0.1) is 0 Å². The summed E-state index contributed by atoms with van der Waals surface area (Å²) in [6.07, 6.45) is -1.14. The van der Waals surface area contributed by atoms with E-state index >= 15 is 0 Å². The number of hydrogen-bond donors (Lipinski definition) is 7. The van der Waals surface area contributed by atoms with Crippen molar-refractivity contribution in [2.75, 3.05) is 0 Å². The van der Waals surface area contributed by atoms with Crippen molar-refractivity contribution in [2.24, 2.45) is 17.4 Å². The third-order valence-electron chi connectivity index (χ3n) is 3.84. The van der Waals surface area contributed by atoms with E-state index < -0.39 is 72.6 Å². The molecule has 0 bridgehead atoms. The quantitative estimate of drug-likeness (QED) is 0.160. The Morgan fingerprint density at radius 3 is 1.73 bits per heavy atom. The van der Waals surface area contributed by atoms with Crippen molar-refractivity contribution in [2.45, 2.75) is 64.2 Å². The molecule has 0 radical (unpaired) electrons. The summed E-state index contributed by atoms with van der Waals surface area (Å²) in [5.41, 5.74) is 10.6. The second-order valence-electron chi connectivity index (χ2n) is 7.20. The SMILES string of the molecule is CC(C)CC(NC(=O)C(N)CC(=O)O)C(=O)NC(CC(N)=O)C(=O)NC(C)C(=O)O. The molecule has 0 aliphatic heterocycles. The van der Waals surface area contributed by atoms with E-state index in [0.29, 0.717) is 0 Å². The van der Waals surface area contributed by atoms with E-state index in [0.717, 1.165) is 0 Å². The highest BCUT2D eigenvalue weighted by molar-refractivity contribution is 5.96. The van der Waals surface area contributed by atoms with E-state index in [4.69, 9.17) is 21.7 Å². The van der Waals surface area contributed by atoms with Crippen molar-refractivity contribution in [1.82, 2.24) is 16.0 Å². The number of rotatable bonds is 13. The van der Waals surface area contributed by atoms with Crippen LogP contribution in [-0.2, 0) is 28.8 Å². The summed E-state index contributed by atoms with van der Waals surface area (Å²) in [5, 5.41) is 24.3. The topological polar surface area (TPSA) is 231 Å². The number of carboxylic acids is 2. The number of hydrogen-bond acceptors (Lipinski definition) is 7. The van der Waals surface area contributed by atoms with Crippen LogP contribution >= 0.6 is 0 Å². The van der Waals surface area contributed by atoms with Crippen molar-refractivity contribution in [3.63, 3.8) is 0 Å². The number of nitrogens with one attached hydrogen (secondary N) is 3. The summed E-state index contributed by atoms with van der Waals surface area (Å²) in [6.45, 7) is 4.70. The van der Waals surface area contributed by atoms with E-state index in [2.05, 4.69) is 16.0 Å². The second-order valence-corrected chi connectivity index (χ2v) is 7.20. The van der Waals surface area contributed by atoms with Gasteiger partial charge >= 0.3 is 11.9 Å². The molecule has 170 valence electrons. The van der Waals surface area contributed by atoms with Crippen LogP contribution in [0.2, 0.25) is 0 Å². The molecule has 4 atom stereocenters. The lowest BCUT2D eigenvalue weighted by atomic mass is 10.0. The van der Waals surface area contributed by atoms with E-state index in [-0.39, 0.29) is 12.3 Å². The minimum absolute atomic E-state index is 0.0906. The number of carbonyl (C=O) groups excluding carboxylic acids is 4. The molecule has 0 spiro atoms. The molecule has 0 heterocycles. The van der Waals surface area contributed by atoms with Crippen LogP contribution in [0.5, 0.6) is 0 Å². The Morgan fingerprint density at radius 2 is 1.30 bits per heavy atom. The molecule has 4 amide bonds. The lowest BCUT2D eigenvalue weighted by molar-refractivity contribution is -0.142. The molecule has 0 saturated heterocycles. The Labute approximate surface area is 172 Å². The first-order chi connectivity index (χ1) is 13.7. The average molecular weight is 431 g/mol. The van der Waals surface area contributed by atoms with Gasteiger partial charge in [-0.25, -0.2) is 0 Å². The predicted octanol–water partition coefficient (Wildman–Crippen LogP) is -2.73. The lowest BCUT2D eigenvalue weighted by Crippen LogP contribution is -2.57. The van der Waals surface area contributed by atoms with Gasteiger partial charge in [0, 0.05) is 0 Å². The molecular formula is C17H29N5O8. The van der Waals surface area contributed by atoms with Gasteiger partial charge < -0.3 is 37.6 Å². The summed E-state index contributed by atoms with van der Waals surface area (Å²) in [4.78, 5) is 69.9. The van der Waals surface area contributed by atoms with Gasteiger partial charge in [0.25, 0.3) is 0 Å². The lowest BCUT2D eigenvalue weighted by Gasteiger charge is -2.25. The maximum atomic E-state index is 12.6. The smallest absolute Gasteiger partial charge is 0.325 e. The van der Waals surface area contributed by atoms with E-state index in [9.17, 15) is 28.8 Å². The Morgan fingerprint density at radius 1 is 0.800 bits per heavy atom. The van der Waals surface area contributed by atoms with Crippen LogP contribution in [0.25, 0.3) is 0 Å². The zero-order chi connectivity index (χ0) is 23.6. The average Bonchev–Trinajstić information content (AvgIpc) is 2.58. The zero-order valence-electron chi connectivity index (χ0n) is 17.0. The number of primary amides is 1. The summed E-state index contributed by atoms with van der Waals surface area (Å²) < 4.78 is 0. The zero-order valence-corrected chi connectivity index (χ0v) is 17.0. The predicted molar refractivity (Wildman–Crippen MR) is 103 cm³/mol. The number of carboxylic acid groups (broad SMARTS) is 2. The van der Waals surface area contributed by atoms with Crippen molar-refractivity contribution < 1.29 is 39.0 Å². The number of carbonyl (C=O) groups is 6. The summed E-state index contributed by atoms with van der Waals surface area (Å²) in [6, 6.07) is -5.34. The first kappa shape index (κ1) is 26.8. The van der Waals surface area contributed by atoms with Gasteiger partial charge in [-0.3, -0.25) is 28.8 Å². The van der Waals surface area contributed by atoms with Gasteiger partial charge in [0.2, 0.25) is 23.6 Å². The summed E-state index contributed by atoms with van der Waals surface area (Å²) in [7, 11) is 0. The maximum Gasteiger partial charge on any atom is 0.325 e. The fourth-order valence-corrected chi connectivity index (χ4v) is 2.32. The highest BCUT2D eigenvalue weighted by Gasteiger charge is 2.31. The number of amides is 4. The number of aliphatic carboxylic acids is 2. The molecule has 0 rings (SSSR count). The van der Waals surface area contributed by atoms with Crippen LogP contribution < -0.4 is 27.4 Å². The summed E-state index contributed by atoms with van der Waals surface area (Å²) >= 11 is 0. The summed E-state index contributed by atoms with van der Waals surface area (Å²) in [5.74, 6) is -6.32. The highest BCUT2D eigenvalue weighted by atomic mass is 16.4. The third-order valence-corrected chi connectivity index (χ3v) is 3.84. The first-order valence-corrected chi connectivity index (χ1v) is 9.14. The van der Waals surface area contributed by atoms with Crippen LogP contribution in [0.3, 0.4) is 0 Å². The largest absolute Gasteiger partial charge is 0.481 e. The molecular weight excluding hydrogens is 402 g/mol. The van der Waals surface area contributed by atoms with Crippen molar-refractivity contribution in [1.29, 1.82) is 0 Å². The highest BCUT2D eigenvalue weighted by Crippen LogP contribution is 2.07. The molecule has 0 aromatic carbocycles. The van der Waals surface area contributed by atoms with Crippen LogP contribution in [0, 0.1) is 5.92 Å². The molecule has 13 nitrogen and oxygen atoms in total. The van der Waals surface area contributed by atoms with E-state index in [1.165, 1.54) is 6.92 Å². The van der Waals surface area contributed by atoms with Crippen molar-refractivity contribution in [3.05, 3.63) is 0 Å². The fraction of sp³-hybridized carbons (Fsp3) is 0.647. The molecule has 30 heavy (non-hydrogen) atoms. The van der Waals surface area contributed by atoms with Crippen LogP contribution in [0.4, 0.5) is 0 Å². The van der Waals surface area contributed by atoms with Gasteiger partial charge in [-0.1, -0.05) is 13.8 Å². The van der Waals surface area contributed by atoms with Crippen LogP contribution in [0.15, 0.2) is 0 Å². The molecule has 0 saturated carbocycles. The van der Waals surface area contributed by atoms with E-state index in [1.54, 1.807) is 13.8 Å². The first-order valence-electron chi connectivity index (χ1n) is 9.14. The minimum atomic E-state index is -1.48. The molecule has 0 fully saturated rings. The van der Waals surface area contributed by atoms with Gasteiger partial charge in [0.05, 0.1) is 18.9 Å². The molecule has 4 unspecified atom stereocenters.